The number of hydrogen-bond acceptors (Lipinski definition) is 3. The van der Waals surface area contributed by atoms with Crippen molar-refractivity contribution in [2.24, 2.45) is 17.6 Å². The summed E-state index contributed by atoms with van der Waals surface area (Å²) in [4.78, 5) is 11.1. The van der Waals surface area contributed by atoms with Crippen LogP contribution in [-0.2, 0) is 4.79 Å². The molecule has 2 aliphatic carbocycles. The highest BCUT2D eigenvalue weighted by atomic mass is 16.4. The van der Waals surface area contributed by atoms with Crippen molar-refractivity contribution >= 4 is 5.97 Å². The Morgan fingerprint density at radius 2 is 1.54 bits per heavy atom. The highest BCUT2D eigenvalue weighted by Crippen LogP contribution is 2.45. The Bertz CT molecular complexity index is 205. The molecule has 74 valence electrons. The summed E-state index contributed by atoms with van der Waals surface area (Å²) in [5.41, 5.74) is 4.99. The van der Waals surface area contributed by atoms with Crippen molar-refractivity contribution < 1.29 is 9.90 Å². The van der Waals surface area contributed by atoms with E-state index in [0.29, 0.717) is 0 Å². The molecule has 2 fully saturated rings. The maximum Gasteiger partial charge on any atom is 0.0619 e. The van der Waals surface area contributed by atoms with Gasteiger partial charge in [-0.1, -0.05) is 12.8 Å². The van der Waals surface area contributed by atoms with Crippen molar-refractivity contribution in [2.45, 2.75) is 44.1 Å². The average Bonchev–Trinajstić information content (AvgIpc) is 1.77. The van der Waals surface area contributed by atoms with Crippen LogP contribution in [0.15, 0.2) is 0 Å². The van der Waals surface area contributed by atoms with E-state index in [1.807, 2.05) is 0 Å². The summed E-state index contributed by atoms with van der Waals surface area (Å²) in [6.07, 6.45) is 6.15. The fourth-order valence-electron chi connectivity index (χ4n) is 2.44. The summed E-state index contributed by atoms with van der Waals surface area (Å²) in [6, 6.07) is 0. The summed E-state index contributed by atoms with van der Waals surface area (Å²) in [7, 11) is 0. The van der Waals surface area contributed by atoms with Crippen molar-refractivity contribution in [1.29, 1.82) is 0 Å². The van der Waals surface area contributed by atoms with Crippen molar-refractivity contribution in [3.8, 4) is 0 Å². The first-order valence-corrected chi connectivity index (χ1v) is 5.16. The highest BCUT2D eigenvalue weighted by Gasteiger charge is 2.47. The smallest absolute Gasteiger partial charge is 0.0619 e. The van der Waals surface area contributed by atoms with Gasteiger partial charge in [0.25, 0.3) is 0 Å². The van der Waals surface area contributed by atoms with Crippen molar-refractivity contribution in [2.75, 3.05) is 0 Å². The lowest BCUT2D eigenvalue weighted by Gasteiger charge is -2.51. The van der Waals surface area contributed by atoms with E-state index in [0.717, 1.165) is 38.5 Å². The van der Waals surface area contributed by atoms with Crippen LogP contribution in [0.1, 0.15) is 38.5 Å². The van der Waals surface area contributed by atoms with Gasteiger partial charge < -0.3 is 15.6 Å². The number of nitrogens with two attached hydrogens (primary N) is 1. The van der Waals surface area contributed by atoms with Gasteiger partial charge in [-0.3, -0.25) is 0 Å². The van der Waals surface area contributed by atoms with Gasteiger partial charge in [-0.15, -0.1) is 0 Å². The first-order chi connectivity index (χ1) is 6.15. The monoisotopic (exact) mass is 182 g/mol. The number of aliphatic carboxylic acids is 1. The van der Waals surface area contributed by atoms with E-state index in [1.165, 1.54) is 0 Å². The third-order valence-corrected chi connectivity index (χ3v) is 3.91. The topological polar surface area (TPSA) is 66.2 Å². The van der Waals surface area contributed by atoms with Crippen LogP contribution in [0, 0.1) is 11.8 Å². The Labute approximate surface area is 78.3 Å². The zero-order valence-electron chi connectivity index (χ0n) is 7.79. The summed E-state index contributed by atoms with van der Waals surface area (Å²) < 4.78 is 0. The molecule has 0 amide bonds. The summed E-state index contributed by atoms with van der Waals surface area (Å²) in [5, 5.41) is 11.1. The number of carboxylic acid groups (broad SMARTS) is 1. The van der Waals surface area contributed by atoms with Crippen LogP contribution in [0.4, 0.5) is 0 Å². The molecule has 0 heterocycles. The molecule has 3 nitrogen and oxygen atoms in total. The first kappa shape index (κ1) is 9.00. The molecule has 0 unspecified atom stereocenters. The predicted octanol–water partition coefficient (Wildman–Crippen LogP) is 0.0340. The van der Waals surface area contributed by atoms with E-state index in [-0.39, 0.29) is 11.8 Å². The third kappa shape index (κ3) is 1.17. The van der Waals surface area contributed by atoms with Crippen molar-refractivity contribution in [3.05, 3.63) is 0 Å². The van der Waals surface area contributed by atoms with Crippen LogP contribution in [-0.4, -0.2) is 11.5 Å². The number of rotatable bonds is 3. The Morgan fingerprint density at radius 3 is 1.69 bits per heavy atom. The van der Waals surface area contributed by atoms with Crippen LogP contribution < -0.4 is 10.8 Å². The molecule has 2 saturated carbocycles. The molecule has 2 rings (SSSR count). The van der Waals surface area contributed by atoms with Gasteiger partial charge in [0, 0.05) is 0 Å². The van der Waals surface area contributed by atoms with Gasteiger partial charge in [-0.25, -0.2) is 0 Å². The molecule has 2 aliphatic rings. The minimum atomic E-state index is -1.03. The molecule has 0 bridgehead atoms. The highest BCUT2D eigenvalue weighted by molar-refractivity contribution is 5.77. The zero-order valence-corrected chi connectivity index (χ0v) is 7.79. The fourth-order valence-corrected chi connectivity index (χ4v) is 2.44. The van der Waals surface area contributed by atoms with Crippen LogP contribution >= 0.6 is 0 Å². The predicted molar refractivity (Wildman–Crippen MR) is 46.6 cm³/mol. The minimum absolute atomic E-state index is 0.183. The molecule has 0 spiro atoms. The minimum Gasteiger partial charge on any atom is -0.548 e. The second-order valence-electron chi connectivity index (χ2n) is 4.48. The van der Waals surface area contributed by atoms with Crippen LogP contribution in [0.25, 0.3) is 0 Å². The maximum atomic E-state index is 11.1. The Kier molecular flexibility index (Phi) is 2.06. The van der Waals surface area contributed by atoms with E-state index in [2.05, 4.69) is 0 Å². The van der Waals surface area contributed by atoms with Gasteiger partial charge in [0.1, 0.15) is 0 Å². The second kappa shape index (κ2) is 2.98. The van der Waals surface area contributed by atoms with Gasteiger partial charge in [-0.05, 0) is 37.5 Å². The lowest BCUT2D eigenvalue weighted by atomic mass is 9.60. The van der Waals surface area contributed by atoms with Crippen LogP contribution in [0.2, 0.25) is 0 Å². The molecular formula is C10H16NO2-. The zero-order chi connectivity index (χ0) is 9.47. The van der Waals surface area contributed by atoms with E-state index in [1.54, 1.807) is 0 Å². The van der Waals surface area contributed by atoms with E-state index < -0.39 is 11.5 Å². The van der Waals surface area contributed by atoms with E-state index >= 15 is 0 Å². The molecular weight excluding hydrogens is 166 g/mol. The van der Waals surface area contributed by atoms with E-state index in [9.17, 15) is 9.90 Å². The van der Waals surface area contributed by atoms with Crippen molar-refractivity contribution in [1.82, 2.24) is 0 Å². The Hall–Kier alpha value is -0.570. The Morgan fingerprint density at radius 1 is 1.15 bits per heavy atom. The second-order valence-corrected chi connectivity index (χ2v) is 4.48. The SMILES string of the molecule is NC(C(=O)[O-])(C1CCC1)C1CCC1. The van der Waals surface area contributed by atoms with Crippen molar-refractivity contribution in [3.63, 3.8) is 0 Å². The first-order valence-electron chi connectivity index (χ1n) is 5.16. The van der Waals surface area contributed by atoms with Gasteiger partial charge in [0.15, 0.2) is 0 Å². The maximum absolute atomic E-state index is 11.1. The van der Waals surface area contributed by atoms with Gasteiger partial charge in [0.05, 0.1) is 11.5 Å². The molecule has 0 aliphatic heterocycles. The third-order valence-electron chi connectivity index (χ3n) is 3.91. The number of carbonyl (C=O) groups excluding carboxylic acids is 1. The average molecular weight is 182 g/mol. The Balaban J connectivity index is 2.12. The summed E-state index contributed by atoms with van der Waals surface area (Å²) in [6.45, 7) is 0. The van der Waals surface area contributed by atoms with E-state index in [4.69, 9.17) is 5.73 Å². The van der Waals surface area contributed by atoms with Gasteiger partial charge in [-0.2, -0.15) is 0 Å². The number of carbonyl (C=O) groups is 1. The van der Waals surface area contributed by atoms with Crippen LogP contribution in [0.3, 0.4) is 0 Å². The number of hydrogen-bond donors (Lipinski definition) is 1. The number of carboxylic acids is 1. The normalized spacial score (nSPS) is 25.0. The fraction of sp³-hybridized carbons (Fsp3) is 0.900. The van der Waals surface area contributed by atoms with Gasteiger partial charge in [0.2, 0.25) is 0 Å². The molecule has 0 saturated heterocycles. The molecule has 0 atom stereocenters. The molecule has 0 radical (unpaired) electrons. The standard InChI is InChI=1S/C10H17NO2/c11-10(9(12)13,7-3-1-4-7)8-5-2-6-8/h7-8H,1-6,11H2,(H,12,13)/p-1. The molecule has 0 aromatic carbocycles. The van der Waals surface area contributed by atoms with Crippen LogP contribution in [0.5, 0.6) is 0 Å². The van der Waals surface area contributed by atoms with Gasteiger partial charge >= 0.3 is 0 Å². The molecule has 2 N–H and O–H groups in total. The lowest BCUT2D eigenvalue weighted by Crippen LogP contribution is -2.67. The summed E-state index contributed by atoms with van der Waals surface area (Å²) >= 11 is 0. The molecule has 0 aromatic rings. The molecule has 0 aromatic heterocycles. The quantitative estimate of drug-likeness (QED) is 0.669. The molecule has 13 heavy (non-hydrogen) atoms. The summed E-state index contributed by atoms with van der Waals surface area (Å²) in [5.74, 6) is -0.660. The molecule has 3 heteroatoms. The largest absolute Gasteiger partial charge is 0.548 e. The lowest BCUT2D eigenvalue weighted by molar-refractivity contribution is -0.319.